The second kappa shape index (κ2) is 7.01. The van der Waals surface area contributed by atoms with Crippen molar-refractivity contribution in [2.24, 2.45) is 0 Å². The normalized spacial score (nSPS) is 15.9. The molecule has 0 saturated carbocycles. The van der Waals surface area contributed by atoms with Crippen molar-refractivity contribution in [1.29, 1.82) is 0 Å². The van der Waals surface area contributed by atoms with Gasteiger partial charge < -0.3 is 9.73 Å². The molecule has 1 N–H and O–H groups in total. The van der Waals surface area contributed by atoms with E-state index in [0.717, 1.165) is 37.5 Å². The highest BCUT2D eigenvalue weighted by Crippen LogP contribution is 2.20. The third kappa shape index (κ3) is 3.82. The van der Waals surface area contributed by atoms with Crippen molar-refractivity contribution < 1.29 is 9.21 Å². The average Bonchev–Trinajstić information content (AvgIpc) is 2.99. The van der Waals surface area contributed by atoms with Gasteiger partial charge in [-0.2, -0.15) is 0 Å². The molecule has 122 valence electrons. The fourth-order valence-corrected chi connectivity index (χ4v) is 3.09. The molecule has 1 aromatic heterocycles. The number of hydrogen-bond donors (Lipinski definition) is 1. The maximum Gasteiger partial charge on any atom is 0.237 e. The first-order chi connectivity index (χ1) is 11.1. The van der Waals surface area contributed by atoms with E-state index in [1.165, 1.54) is 11.1 Å². The summed E-state index contributed by atoms with van der Waals surface area (Å²) in [6.45, 7) is 6.31. The summed E-state index contributed by atoms with van der Waals surface area (Å²) in [4.78, 5) is 14.6. The van der Waals surface area contributed by atoms with Crippen LogP contribution in [0.1, 0.15) is 29.6 Å². The highest BCUT2D eigenvalue weighted by atomic mass is 16.3. The van der Waals surface area contributed by atoms with Crippen LogP contribution in [-0.2, 0) is 24.2 Å². The third-order valence-electron chi connectivity index (χ3n) is 4.55. The van der Waals surface area contributed by atoms with Crippen LogP contribution in [0.4, 0.5) is 0 Å². The molecular weight excluding hydrogens is 288 g/mol. The summed E-state index contributed by atoms with van der Waals surface area (Å²) >= 11 is 0. The first-order valence-corrected chi connectivity index (χ1v) is 8.27. The van der Waals surface area contributed by atoms with Crippen molar-refractivity contribution in [1.82, 2.24) is 10.2 Å². The van der Waals surface area contributed by atoms with Gasteiger partial charge in [-0.3, -0.25) is 9.69 Å². The molecule has 1 aromatic carbocycles. The lowest BCUT2D eigenvalue weighted by molar-refractivity contribution is -0.126. The summed E-state index contributed by atoms with van der Waals surface area (Å²) < 4.78 is 5.52. The molecule has 1 atom stereocenters. The molecule has 0 fully saturated rings. The lowest BCUT2D eigenvalue weighted by atomic mass is 9.99. The first-order valence-electron chi connectivity index (χ1n) is 8.27. The van der Waals surface area contributed by atoms with Crippen LogP contribution in [-0.4, -0.2) is 29.9 Å². The van der Waals surface area contributed by atoms with Gasteiger partial charge >= 0.3 is 0 Å². The molecule has 0 aliphatic carbocycles. The molecule has 4 heteroatoms. The number of nitrogens with one attached hydrogen (secondary N) is 1. The Kier molecular flexibility index (Phi) is 4.82. The van der Waals surface area contributed by atoms with E-state index in [-0.39, 0.29) is 11.9 Å². The highest BCUT2D eigenvalue weighted by molar-refractivity contribution is 5.81. The number of amides is 1. The maximum absolute atomic E-state index is 12.4. The highest BCUT2D eigenvalue weighted by Gasteiger charge is 2.24. The molecule has 2 heterocycles. The zero-order valence-electron chi connectivity index (χ0n) is 13.8. The lowest BCUT2D eigenvalue weighted by Gasteiger charge is -2.32. The van der Waals surface area contributed by atoms with Crippen LogP contribution in [0.2, 0.25) is 0 Å². The van der Waals surface area contributed by atoms with Crippen molar-refractivity contribution in [2.45, 2.75) is 39.3 Å². The second-order valence-electron chi connectivity index (χ2n) is 6.22. The fraction of sp³-hybridized carbons (Fsp3) is 0.421. The summed E-state index contributed by atoms with van der Waals surface area (Å²) in [5.74, 6) is 1.92. The van der Waals surface area contributed by atoms with Gasteiger partial charge in [0.15, 0.2) is 0 Å². The van der Waals surface area contributed by atoms with E-state index < -0.39 is 0 Å². The first kappa shape index (κ1) is 15.8. The van der Waals surface area contributed by atoms with E-state index in [2.05, 4.69) is 34.5 Å². The predicted octanol–water partition coefficient (Wildman–Crippen LogP) is 2.69. The molecule has 3 rings (SSSR count). The Morgan fingerprint density at radius 1 is 1.26 bits per heavy atom. The minimum absolute atomic E-state index is 0.0904. The van der Waals surface area contributed by atoms with Crippen molar-refractivity contribution in [3.05, 3.63) is 59.0 Å². The van der Waals surface area contributed by atoms with E-state index in [4.69, 9.17) is 4.42 Å². The van der Waals surface area contributed by atoms with Crippen molar-refractivity contribution in [3.63, 3.8) is 0 Å². The van der Waals surface area contributed by atoms with Crippen LogP contribution in [0.5, 0.6) is 0 Å². The third-order valence-corrected chi connectivity index (χ3v) is 4.55. The van der Waals surface area contributed by atoms with Gasteiger partial charge in [-0.1, -0.05) is 24.3 Å². The van der Waals surface area contributed by atoms with Crippen molar-refractivity contribution in [3.8, 4) is 0 Å². The van der Waals surface area contributed by atoms with E-state index >= 15 is 0 Å². The number of fused-ring (bicyclic) bond motifs is 1. The molecule has 0 bridgehead atoms. The van der Waals surface area contributed by atoms with Gasteiger partial charge in [0.2, 0.25) is 5.91 Å². The number of nitrogens with zero attached hydrogens (tertiary/aromatic N) is 1. The van der Waals surface area contributed by atoms with Gasteiger partial charge in [0.05, 0.1) is 6.04 Å². The Hall–Kier alpha value is -2.07. The number of hydrogen-bond acceptors (Lipinski definition) is 3. The van der Waals surface area contributed by atoms with Crippen LogP contribution in [0, 0.1) is 6.92 Å². The molecule has 1 amide bonds. The smallest absolute Gasteiger partial charge is 0.237 e. The summed E-state index contributed by atoms with van der Waals surface area (Å²) in [5, 5.41) is 3.02. The molecule has 1 aliphatic rings. The molecule has 0 saturated heterocycles. The van der Waals surface area contributed by atoms with Gasteiger partial charge in [0, 0.05) is 26.1 Å². The van der Waals surface area contributed by atoms with Crippen molar-refractivity contribution >= 4 is 5.91 Å². The van der Waals surface area contributed by atoms with Gasteiger partial charge in [-0.15, -0.1) is 0 Å². The van der Waals surface area contributed by atoms with Crippen LogP contribution >= 0.6 is 0 Å². The van der Waals surface area contributed by atoms with E-state index in [1.54, 1.807) is 0 Å². The molecule has 0 radical (unpaired) electrons. The lowest BCUT2D eigenvalue weighted by Crippen LogP contribution is -2.47. The molecule has 2 aromatic rings. The Morgan fingerprint density at radius 3 is 2.78 bits per heavy atom. The predicted molar refractivity (Wildman–Crippen MR) is 90.2 cm³/mol. The van der Waals surface area contributed by atoms with Gasteiger partial charge in [-0.25, -0.2) is 0 Å². The zero-order valence-corrected chi connectivity index (χ0v) is 13.8. The average molecular weight is 312 g/mol. The second-order valence-corrected chi connectivity index (χ2v) is 6.22. The number of carbonyl (C=O) groups is 1. The molecule has 0 spiro atoms. The van der Waals surface area contributed by atoms with E-state index in [9.17, 15) is 4.79 Å². The molecule has 0 unspecified atom stereocenters. The summed E-state index contributed by atoms with van der Waals surface area (Å²) in [6, 6.07) is 12.3. The van der Waals surface area contributed by atoms with E-state index in [0.29, 0.717) is 6.54 Å². The van der Waals surface area contributed by atoms with Crippen LogP contribution in [0.25, 0.3) is 0 Å². The molecule has 4 nitrogen and oxygen atoms in total. The van der Waals surface area contributed by atoms with Gasteiger partial charge in [0.25, 0.3) is 0 Å². The molecular formula is C19H24N2O2. The SMILES string of the molecule is Cc1ccc(CCNC(=O)[C@H](C)N2CCc3ccccc3C2)o1. The number of rotatable bonds is 5. The summed E-state index contributed by atoms with van der Waals surface area (Å²) in [6.07, 6.45) is 1.74. The quantitative estimate of drug-likeness (QED) is 0.923. The maximum atomic E-state index is 12.4. The largest absolute Gasteiger partial charge is 0.466 e. The molecule has 1 aliphatic heterocycles. The van der Waals surface area contributed by atoms with Gasteiger partial charge in [0.1, 0.15) is 11.5 Å². The van der Waals surface area contributed by atoms with Crippen LogP contribution < -0.4 is 5.32 Å². The number of furan rings is 1. The fourth-order valence-electron chi connectivity index (χ4n) is 3.09. The Bertz CT molecular complexity index is 678. The standard InChI is InChI=1S/C19H24N2O2/c1-14-7-8-18(23-14)9-11-20-19(22)15(2)21-12-10-16-5-3-4-6-17(16)13-21/h3-8,15H,9-13H2,1-2H3,(H,20,22)/t15-/m0/s1. The zero-order chi connectivity index (χ0) is 16.2. The topological polar surface area (TPSA) is 45.5 Å². The van der Waals surface area contributed by atoms with Gasteiger partial charge in [-0.05, 0) is 43.5 Å². The summed E-state index contributed by atoms with van der Waals surface area (Å²) in [5.41, 5.74) is 2.74. The Balaban J connectivity index is 1.50. The number of carbonyl (C=O) groups excluding carboxylic acids is 1. The summed E-state index contributed by atoms with van der Waals surface area (Å²) in [7, 11) is 0. The van der Waals surface area contributed by atoms with E-state index in [1.807, 2.05) is 26.0 Å². The van der Waals surface area contributed by atoms with Crippen LogP contribution in [0.3, 0.4) is 0 Å². The minimum Gasteiger partial charge on any atom is -0.466 e. The Morgan fingerprint density at radius 2 is 2.04 bits per heavy atom. The molecule has 23 heavy (non-hydrogen) atoms. The van der Waals surface area contributed by atoms with Crippen LogP contribution in [0.15, 0.2) is 40.8 Å². The number of benzene rings is 1. The van der Waals surface area contributed by atoms with Crippen molar-refractivity contribution in [2.75, 3.05) is 13.1 Å². The minimum atomic E-state index is -0.110. The monoisotopic (exact) mass is 312 g/mol. The number of aryl methyl sites for hydroxylation is 1. The Labute approximate surface area is 137 Å².